The van der Waals surface area contributed by atoms with E-state index in [2.05, 4.69) is 26.0 Å². The smallest absolute Gasteiger partial charge is 0.115 e. The molecule has 0 atom stereocenters. The zero-order chi connectivity index (χ0) is 14.6. The first-order valence-electron chi connectivity index (χ1n) is 6.74. The van der Waals surface area contributed by atoms with E-state index in [9.17, 15) is 10.2 Å². The third-order valence-corrected chi connectivity index (χ3v) is 3.41. The number of rotatable bonds is 2. The first-order valence-corrected chi connectivity index (χ1v) is 6.74. The number of phenolic OH excluding ortho intramolecular Hbond substituents is 2. The zero-order valence-electron chi connectivity index (χ0n) is 11.9. The van der Waals surface area contributed by atoms with Gasteiger partial charge in [0, 0.05) is 5.41 Å². The average Bonchev–Trinajstić information content (AvgIpc) is 3.28. The van der Waals surface area contributed by atoms with Gasteiger partial charge in [-0.1, -0.05) is 50.3 Å². The van der Waals surface area contributed by atoms with E-state index in [1.165, 1.54) is 6.42 Å². The standard InChI is InChI=1S/C15H16O2.C3H4/c1-15(2,11-3-7-13(16)8-4-11)12-5-9-14(17)10-6-12;1-2-3-1/h3-10,16-17H,1-2H3;1-2H,3H2. The second-order valence-electron chi connectivity index (χ2n) is 5.43. The highest BCUT2D eigenvalue weighted by molar-refractivity contribution is 5.41. The molecule has 2 N–H and O–H groups in total. The summed E-state index contributed by atoms with van der Waals surface area (Å²) in [6.07, 6.45) is 5.50. The van der Waals surface area contributed by atoms with Crippen molar-refractivity contribution in [3.05, 3.63) is 71.8 Å². The van der Waals surface area contributed by atoms with Crippen LogP contribution in [0.4, 0.5) is 0 Å². The number of hydrogen-bond donors (Lipinski definition) is 2. The molecular formula is C18H20O2. The van der Waals surface area contributed by atoms with Crippen LogP contribution in [0.1, 0.15) is 31.4 Å². The maximum Gasteiger partial charge on any atom is 0.115 e. The monoisotopic (exact) mass is 268 g/mol. The quantitative estimate of drug-likeness (QED) is 0.794. The van der Waals surface area contributed by atoms with E-state index < -0.39 is 0 Å². The largest absolute Gasteiger partial charge is 0.508 e. The van der Waals surface area contributed by atoms with Crippen LogP contribution in [-0.2, 0) is 5.41 Å². The van der Waals surface area contributed by atoms with E-state index in [1.807, 2.05) is 24.3 Å². The fraction of sp³-hybridized carbons (Fsp3) is 0.222. The molecule has 0 unspecified atom stereocenters. The molecule has 3 rings (SSSR count). The van der Waals surface area contributed by atoms with Gasteiger partial charge in [0.1, 0.15) is 11.5 Å². The van der Waals surface area contributed by atoms with Crippen LogP contribution in [0.25, 0.3) is 0 Å². The third-order valence-electron chi connectivity index (χ3n) is 3.41. The van der Waals surface area contributed by atoms with Gasteiger partial charge in [0.15, 0.2) is 0 Å². The van der Waals surface area contributed by atoms with Crippen LogP contribution in [-0.4, -0.2) is 10.2 Å². The first kappa shape index (κ1) is 14.2. The molecule has 0 saturated heterocycles. The van der Waals surface area contributed by atoms with E-state index in [4.69, 9.17) is 0 Å². The number of benzene rings is 2. The molecule has 2 aromatic carbocycles. The van der Waals surface area contributed by atoms with Crippen LogP contribution in [0.15, 0.2) is 60.7 Å². The summed E-state index contributed by atoms with van der Waals surface area (Å²) in [5.74, 6) is 0.547. The molecule has 0 spiro atoms. The van der Waals surface area contributed by atoms with Crippen molar-refractivity contribution in [2.75, 3.05) is 0 Å². The molecule has 0 aliphatic heterocycles. The van der Waals surface area contributed by atoms with Crippen LogP contribution >= 0.6 is 0 Å². The molecule has 1 aliphatic carbocycles. The molecule has 2 aromatic rings. The molecule has 1 aliphatic rings. The highest BCUT2D eigenvalue weighted by atomic mass is 16.3. The lowest BCUT2D eigenvalue weighted by Gasteiger charge is -2.26. The lowest BCUT2D eigenvalue weighted by atomic mass is 9.78. The molecule has 0 saturated carbocycles. The van der Waals surface area contributed by atoms with Crippen LogP contribution in [0, 0.1) is 0 Å². The lowest BCUT2D eigenvalue weighted by molar-refractivity contribution is 0.474. The summed E-state index contributed by atoms with van der Waals surface area (Å²) in [6.45, 7) is 4.23. The minimum atomic E-state index is -0.151. The Morgan fingerprint density at radius 1 is 0.700 bits per heavy atom. The van der Waals surface area contributed by atoms with Gasteiger partial charge in [-0.25, -0.2) is 0 Å². The van der Waals surface area contributed by atoms with Gasteiger partial charge in [0.2, 0.25) is 0 Å². The summed E-state index contributed by atoms with van der Waals surface area (Å²) in [7, 11) is 0. The molecule has 0 amide bonds. The Balaban J connectivity index is 0.000000432. The predicted molar refractivity (Wildman–Crippen MR) is 82.1 cm³/mol. The minimum absolute atomic E-state index is 0.151. The van der Waals surface area contributed by atoms with E-state index in [0.29, 0.717) is 0 Å². The SMILES string of the molecule is C1=CC1.CC(C)(c1ccc(O)cc1)c1ccc(O)cc1. The summed E-state index contributed by atoms with van der Waals surface area (Å²) in [5, 5.41) is 18.6. The van der Waals surface area contributed by atoms with Gasteiger partial charge in [0.05, 0.1) is 0 Å². The van der Waals surface area contributed by atoms with E-state index >= 15 is 0 Å². The van der Waals surface area contributed by atoms with Crippen LogP contribution in [0.5, 0.6) is 11.5 Å². The number of phenols is 2. The highest BCUT2D eigenvalue weighted by Crippen LogP contribution is 2.32. The topological polar surface area (TPSA) is 40.5 Å². The second kappa shape index (κ2) is 5.83. The molecular weight excluding hydrogens is 248 g/mol. The lowest BCUT2D eigenvalue weighted by Crippen LogP contribution is -2.18. The Kier molecular flexibility index (Phi) is 4.14. The Hall–Kier alpha value is -2.22. The molecule has 104 valence electrons. The van der Waals surface area contributed by atoms with Gasteiger partial charge in [-0.05, 0) is 41.8 Å². The Morgan fingerprint density at radius 2 is 1.00 bits per heavy atom. The van der Waals surface area contributed by atoms with Crippen molar-refractivity contribution in [1.29, 1.82) is 0 Å². The van der Waals surface area contributed by atoms with Gasteiger partial charge in [0.25, 0.3) is 0 Å². The number of allylic oxidation sites excluding steroid dienone is 2. The maximum absolute atomic E-state index is 9.30. The number of aromatic hydroxyl groups is 2. The Labute approximate surface area is 120 Å². The van der Waals surface area contributed by atoms with Gasteiger partial charge >= 0.3 is 0 Å². The van der Waals surface area contributed by atoms with Crippen molar-refractivity contribution in [3.63, 3.8) is 0 Å². The van der Waals surface area contributed by atoms with E-state index in [1.54, 1.807) is 24.3 Å². The van der Waals surface area contributed by atoms with Crippen molar-refractivity contribution < 1.29 is 10.2 Å². The molecule has 2 heteroatoms. The van der Waals surface area contributed by atoms with Crippen LogP contribution in [0.2, 0.25) is 0 Å². The van der Waals surface area contributed by atoms with Gasteiger partial charge in [-0.15, -0.1) is 0 Å². The van der Waals surface area contributed by atoms with Crippen molar-refractivity contribution >= 4 is 0 Å². The van der Waals surface area contributed by atoms with Gasteiger partial charge < -0.3 is 10.2 Å². The maximum atomic E-state index is 9.30. The zero-order valence-corrected chi connectivity index (χ0v) is 11.9. The molecule has 0 bridgehead atoms. The summed E-state index contributed by atoms with van der Waals surface area (Å²) < 4.78 is 0. The highest BCUT2D eigenvalue weighted by Gasteiger charge is 2.22. The average molecular weight is 268 g/mol. The molecule has 2 nitrogen and oxygen atoms in total. The molecule has 0 aromatic heterocycles. The number of hydrogen-bond acceptors (Lipinski definition) is 2. The summed E-state index contributed by atoms with van der Waals surface area (Å²) in [4.78, 5) is 0. The molecule has 0 fully saturated rings. The summed E-state index contributed by atoms with van der Waals surface area (Å²) in [5.41, 5.74) is 2.10. The van der Waals surface area contributed by atoms with Crippen molar-refractivity contribution in [2.45, 2.75) is 25.7 Å². The molecule has 0 radical (unpaired) electrons. The van der Waals surface area contributed by atoms with Gasteiger partial charge in [-0.2, -0.15) is 0 Å². The normalized spacial score (nSPS) is 12.5. The summed E-state index contributed by atoms with van der Waals surface area (Å²) in [6, 6.07) is 14.4. The fourth-order valence-electron chi connectivity index (χ4n) is 1.92. The first-order chi connectivity index (χ1) is 9.50. The molecule has 20 heavy (non-hydrogen) atoms. The van der Waals surface area contributed by atoms with Crippen molar-refractivity contribution in [2.24, 2.45) is 0 Å². The summed E-state index contributed by atoms with van der Waals surface area (Å²) >= 11 is 0. The van der Waals surface area contributed by atoms with E-state index in [0.717, 1.165) is 11.1 Å². The van der Waals surface area contributed by atoms with Crippen molar-refractivity contribution in [1.82, 2.24) is 0 Å². The van der Waals surface area contributed by atoms with Gasteiger partial charge in [-0.3, -0.25) is 0 Å². The minimum Gasteiger partial charge on any atom is -0.508 e. The van der Waals surface area contributed by atoms with Crippen molar-refractivity contribution in [3.8, 4) is 11.5 Å². The van der Waals surface area contributed by atoms with E-state index in [-0.39, 0.29) is 16.9 Å². The molecule has 0 heterocycles. The second-order valence-corrected chi connectivity index (χ2v) is 5.43. The third kappa shape index (κ3) is 3.64. The predicted octanol–water partition coefficient (Wildman–Crippen LogP) is 4.37. The van der Waals surface area contributed by atoms with Crippen LogP contribution < -0.4 is 0 Å². The van der Waals surface area contributed by atoms with Crippen LogP contribution in [0.3, 0.4) is 0 Å². The fourth-order valence-corrected chi connectivity index (χ4v) is 1.92. The Bertz CT molecular complexity index is 526. The Morgan fingerprint density at radius 3 is 1.25 bits per heavy atom.